The van der Waals surface area contributed by atoms with Crippen LogP contribution in [0.1, 0.15) is 46.1 Å². The van der Waals surface area contributed by atoms with E-state index in [2.05, 4.69) is 43.6 Å². The standard InChI is InChI=1S/C16H23N3S/c1-4-12-9-13(19(3)18-12)10-14(17-2)16-8-11-6-5-7-15(11)20-16/h8-9,14,17H,4-7,10H2,1-3H3. The van der Waals surface area contributed by atoms with Gasteiger partial charge < -0.3 is 5.32 Å². The molecule has 2 aromatic heterocycles. The van der Waals surface area contributed by atoms with Crippen LogP contribution in [0.15, 0.2) is 12.1 Å². The number of thiophene rings is 1. The van der Waals surface area contributed by atoms with E-state index in [9.17, 15) is 0 Å². The average molecular weight is 289 g/mol. The van der Waals surface area contributed by atoms with Crippen LogP contribution in [0.3, 0.4) is 0 Å². The SMILES string of the molecule is CCc1cc(CC(NC)c2cc3c(s2)CCC3)n(C)n1. The Labute approximate surface area is 125 Å². The summed E-state index contributed by atoms with van der Waals surface area (Å²) < 4.78 is 2.03. The van der Waals surface area contributed by atoms with Crippen molar-refractivity contribution >= 4 is 11.3 Å². The number of aryl methyl sites for hydroxylation is 4. The molecule has 108 valence electrons. The quantitative estimate of drug-likeness (QED) is 0.917. The van der Waals surface area contributed by atoms with Crippen molar-refractivity contribution in [2.75, 3.05) is 7.05 Å². The minimum Gasteiger partial charge on any atom is -0.312 e. The fraction of sp³-hybridized carbons (Fsp3) is 0.562. The Balaban J connectivity index is 1.80. The monoisotopic (exact) mass is 289 g/mol. The summed E-state index contributed by atoms with van der Waals surface area (Å²) in [4.78, 5) is 3.09. The summed E-state index contributed by atoms with van der Waals surface area (Å²) in [6.07, 6.45) is 5.91. The number of hydrogen-bond acceptors (Lipinski definition) is 3. The number of nitrogens with one attached hydrogen (secondary N) is 1. The van der Waals surface area contributed by atoms with E-state index in [0.717, 1.165) is 12.8 Å². The molecule has 0 bridgehead atoms. The lowest BCUT2D eigenvalue weighted by Gasteiger charge is -2.14. The number of nitrogens with zero attached hydrogens (tertiary/aromatic N) is 2. The number of aromatic nitrogens is 2. The Bertz CT molecular complexity index is 575. The Morgan fingerprint density at radius 2 is 2.25 bits per heavy atom. The summed E-state index contributed by atoms with van der Waals surface area (Å²) >= 11 is 2.00. The van der Waals surface area contributed by atoms with Crippen LogP contribution in [0.25, 0.3) is 0 Å². The van der Waals surface area contributed by atoms with E-state index in [1.54, 1.807) is 10.4 Å². The first-order chi connectivity index (χ1) is 9.71. The average Bonchev–Trinajstić information content (AvgIpc) is 3.10. The van der Waals surface area contributed by atoms with E-state index < -0.39 is 0 Å². The van der Waals surface area contributed by atoms with Gasteiger partial charge in [0.1, 0.15) is 0 Å². The van der Waals surface area contributed by atoms with Crippen molar-refractivity contribution < 1.29 is 0 Å². The summed E-state index contributed by atoms with van der Waals surface area (Å²) in [5.41, 5.74) is 4.09. The van der Waals surface area contributed by atoms with Crippen molar-refractivity contribution in [1.82, 2.24) is 15.1 Å². The fourth-order valence-corrected chi connectivity index (χ4v) is 4.38. The molecule has 0 fully saturated rings. The molecule has 1 unspecified atom stereocenters. The highest BCUT2D eigenvalue weighted by Gasteiger charge is 2.20. The van der Waals surface area contributed by atoms with Gasteiger partial charge in [-0.25, -0.2) is 0 Å². The second kappa shape index (κ2) is 5.70. The normalized spacial score (nSPS) is 15.6. The van der Waals surface area contributed by atoms with Gasteiger partial charge in [-0.05, 0) is 50.4 Å². The zero-order valence-electron chi connectivity index (χ0n) is 12.6. The first-order valence-corrected chi connectivity index (χ1v) is 8.33. The first kappa shape index (κ1) is 13.8. The van der Waals surface area contributed by atoms with E-state index in [0.29, 0.717) is 6.04 Å². The van der Waals surface area contributed by atoms with E-state index in [4.69, 9.17) is 0 Å². The van der Waals surface area contributed by atoms with Crippen molar-refractivity contribution in [3.63, 3.8) is 0 Å². The van der Waals surface area contributed by atoms with Crippen molar-refractivity contribution in [2.24, 2.45) is 7.05 Å². The molecule has 0 saturated carbocycles. The van der Waals surface area contributed by atoms with E-state index >= 15 is 0 Å². The zero-order valence-corrected chi connectivity index (χ0v) is 13.4. The molecule has 0 aliphatic heterocycles. The minimum atomic E-state index is 0.408. The van der Waals surface area contributed by atoms with Gasteiger partial charge in [-0.15, -0.1) is 11.3 Å². The Morgan fingerprint density at radius 3 is 2.90 bits per heavy atom. The molecular formula is C16H23N3S. The first-order valence-electron chi connectivity index (χ1n) is 7.51. The van der Waals surface area contributed by atoms with Crippen LogP contribution in [0, 0.1) is 0 Å². The molecule has 0 radical (unpaired) electrons. The molecular weight excluding hydrogens is 266 g/mol. The topological polar surface area (TPSA) is 29.9 Å². The Morgan fingerprint density at radius 1 is 1.40 bits per heavy atom. The maximum Gasteiger partial charge on any atom is 0.0624 e. The lowest BCUT2D eigenvalue weighted by molar-refractivity contribution is 0.568. The van der Waals surface area contributed by atoms with E-state index in [1.807, 2.05) is 16.0 Å². The van der Waals surface area contributed by atoms with Gasteiger partial charge in [0.2, 0.25) is 0 Å². The predicted octanol–water partition coefficient (Wildman–Crippen LogP) is 3.04. The lowest BCUT2D eigenvalue weighted by atomic mass is 10.1. The molecule has 1 aliphatic rings. The van der Waals surface area contributed by atoms with Gasteiger partial charge in [0.25, 0.3) is 0 Å². The summed E-state index contributed by atoms with van der Waals surface area (Å²) in [6, 6.07) is 5.07. The fourth-order valence-electron chi connectivity index (χ4n) is 3.01. The van der Waals surface area contributed by atoms with Crippen LogP contribution >= 0.6 is 11.3 Å². The lowest BCUT2D eigenvalue weighted by Crippen LogP contribution is -2.19. The molecule has 0 spiro atoms. The Kier molecular flexibility index (Phi) is 3.94. The third kappa shape index (κ3) is 2.54. The second-order valence-electron chi connectivity index (χ2n) is 5.60. The number of fused-ring (bicyclic) bond motifs is 1. The smallest absolute Gasteiger partial charge is 0.0624 e. The molecule has 2 heterocycles. The maximum absolute atomic E-state index is 4.55. The van der Waals surface area contributed by atoms with Crippen LogP contribution in [0.4, 0.5) is 0 Å². The summed E-state index contributed by atoms with van der Waals surface area (Å²) in [7, 11) is 4.11. The molecule has 1 atom stereocenters. The van der Waals surface area contributed by atoms with Gasteiger partial charge in [-0.1, -0.05) is 6.92 Å². The molecule has 2 aromatic rings. The van der Waals surface area contributed by atoms with E-state index in [1.165, 1.54) is 35.5 Å². The number of hydrogen-bond donors (Lipinski definition) is 1. The van der Waals surface area contributed by atoms with Gasteiger partial charge in [0.05, 0.1) is 5.69 Å². The highest BCUT2D eigenvalue weighted by molar-refractivity contribution is 7.12. The molecule has 3 nitrogen and oxygen atoms in total. The molecule has 1 aliphatic carbocycles. The third-order valence-electron chi connectivity index (χ3n) is 4.26. The van der Waals surface area contributed by atoms with E-state index in [-0.39, 0.29) is 0 Å². The Hall–Kier alpha value is -1.13. The molecule has 0 aromatic carbocycles. The van der Waals surface area contributed by atoms with Gasteiger partial charge >= 0.3 is 0 Å². The van der Waals surface area contributed by atoms with Crippen molar-refractivity contribution in [3.05, 3.63) is 38.8 Å². The molecule has 4 heteroatoms. The summed E-state index contributed by atoms with van der Waals surface area (Å²) in [5.74, 6) is 0. The largest absolute Gasteiger partial charge is 0.312 e. The highest BCUT2D eigenvalue weighted by Crippen LogP contribution is 2.34. The summed E-state index contributed by atoms with van der Waals surface area (Å²) in [6.45, 7) is 2.16. The van der Waals surface area contributed by atoms with Gasteiger partial charge in [-0.3, -0.25) is 4.68 Å². The van der Waals surface area contributed by atoms with Crippen LogP contribution in [0.2, 0.25) is 0 Å². The third-order valence-corrected chi connectivity index (χ3v) is 5.61. The van der Waals surface area contributed by atoms with Crippen molar-refractivity contribution in [2.45, 2.75) is 45.1 Å². The van der Waals surface area contributed by atoms with Crippen LogP contribution in [-0.4, -0.2) is 16.8 Å². The van der Waals surface area contributed by atoms with Crippen LogP contribution in [-0.2, 0) is 32.7 Å². The van der Waals surface area contributed by atoms with Crippen molar-refractivity contribution in [3.8, 4) is 0 Å². The molecule has 20 heavy (non-hydrogen) atoms. The molecule has 1 N–H and O–H groups in total. The molecule has 0 amide bonds. The van der Waals surface area contributed by atoms with Gasteiger partial charge in [0, 0.05) is 35.0 Å². The van der Waals surface area contributed by atoms with Gasteiger partial charge in [0.15, 0.2) is 0 Å². The summed E-state index contributed by atoms with van der Waals surface area (Å²) in [5, 5.41) is 8.03. The zero-order chi connectivity index (χ0) is 14.1. The molecule has 0 saturated heterocycles. The van der Waals surface area contributed by atoms with Crippen molar-refractivity contribution in [1.29, 1.82) is 0 Å². The maximum atomic E-state index is 4.55. The second-order valence-corrected chi connectivity index (χ2v) is 6.77. The minimum absolute atomic E-state index is 0.408. The number of likely N-dealkylation sites (N-methyl/N-ethyl adjacent to an activating group) is 1. The van der Waals surface area contributed by atoms with Gasteiger partial charge in [-0.2, -0.15) is 5.10 Å². The highest BCUT2D eigenvalue weighted by atomic mass is 32.1. The van der Waals surface area contributed by atoms with Crippen LogP contribution < -0.4 is 5.32 Å². The van der Waals surface area contributed by atoms with Crippen LogP contribution in [0.5, 0.6) is 0 Å². The number of rotatable bonds is 5. The molecule has 3 rings (SSSR count). The predicted molar refractivity (Wildman–Crippen MR) is 84.4 cm³/mol.